The molecule has 8 heteroatoms. The number of sulfone groups is 1. The fraction of sp³-hybridized carbons (Fsp3) is 0.300. The van der Waals surface area contributed by atoms with Crippen LogP contribution in [0.5, 0.6) is 0 Å². The van der Waals surface area contributed by atoms with Gasteiger partial charge in [-0.05, 0) is 41.8 Å². The van der Waals surface area contributed by atoms with Crippen molar-refractivity contribution in [3.63, 3.8) is 0 Å². The van der Waals surface area contributed by atoms with E-state index in [1.54, 1.807) is 18.2 Å². The molecule has 0 bridgehead atoms. The zero-order valence-electron chi connectivity index (χ0n) is 16.2. The molecule has 6 nitrogen and oxygen atoms in total. The van der Waals surface area contributed by atoms with Gasteiger partial charge in [-0.15, -0.1) is 0 Å². The lowest BCUT2D eigenvalue weighted by Gasteiger charge is -2.17. The molecule has 0 aromatic heterocycles. The topological polar surface area (TPSA) is 92.3 Å². The van der Waals surface area contributed by atoms with E-state index in [1.165, 1.54) is 24.3 Å². The molecular formula is C20H23ClN2O4S. The van der Waals surface area contributed by atoms with Crippen molar-refractivity contribution in [2.24, 2.45) is 5.41 Å². The first-order valence-electron chi connectivity index (χ1n) is 8.56. The van der Waals surface area contributed by atoms with Crippen LogP contribution in [0.1, 0.15) is 37.6 Å². The molecule has 0 radical (unpaired) electrons. The van der Waals surface area contributed by atoms with E-state index in [-0.39, 0.29) is 26.8 Å². The van der Waals surface area contributed by atoms with Crippen molar-refractivity contribution < 1.29 is 18.0 Å². The summed E-state index contributed by atoms with van der Waals surface area (Å²) in [7, 11) is -3.42. The average molecular weight is 423 g/mol. The predicted octanol–water partition coefficient (Wildman–Crippen LogP) is 4.37. The number of hydrogen-bond donors (Lipinski definition) is 2. The highest BCUT2D eigenvalue weighted by atomic mass is 35.5. The van der Waals surface area contributed by atoms with Gasteiger partial charge in [0.1, 0.15) is 0 Å². The van der Waals surface area contributed by atoms with E-state index in [0.717, 1.165) is 6.26 Å². The fourth-order valence-corrected chi connectivity index (χ4v) is 3.34. The lowest BCUT2D eigenvalue weighted by Crippen LogP contribution is -2.19. The molecule has 0 aliphatic rings. The summed E-state index contributed by atoms with van der Waals surface area (Å²) in [5, 5.41) is 5.67. The Bertz CT molecular complexity index is 1010. The number of nitrogens with one attached hydrogen (secondary N) is 2. The van der Waals surface area contributed by atoms with Crippen LogP contribution in [0.4, 0.5) is 11.4 Å². The minimum absolute atomic E-state index is 0.0585. The molecule has 150 valence electrons. The van der Waals surface area contributed by atoms with Crippen molar-refractivity contribution in [1.29, 1.82) is 0 Å². The van der Waals surface area contributed by atoms with Gasteiger partial charge < -0.3 is 10.6 Å². The van der Waals surface area contributed by atoms with Gasteiger partial charge in [0.15, 0.2) is 9.84 Å². The van der Waals surface area contributed by atoms with Crippen molar-refractivity contribution in [2.45, 2.75) is 32.1 Å². The Morgan fingerprint density at radius 1 is 1.04 bits per heavy atom. The lowest BCUT2D eigenvalue weighted by molar-refractivity contribution is -0.117. The zero-order chi connectivity index (χ0) is 21.1. The third-order valence-corrected chi connectivity index (χ3v) is 5.14. The SMILES string of the molecule is CC(C)(C)CC(=O)Nc1ccc(NC(=O)c2cccc(S(C)(=O)=O)c2)c(Cl)c1. The van der Waals surface area contributed by atoms with Crippen molar-refractivity contribution in [1.82, 2.24) is 0 Å². The van der Waals surface area contributed by atoms with Gasteiger partial charge >= 0.3 is 0 Å². The summed E-state index contributed by atoms with van der Waals surface area (Å²) in [5.74, 6) is -0.616. The van der Waals surface area contributed by atoms with Crippen LogP contribution in [0.25, 0.3) is 0 Å². The number of hydrogen-bond acceptors (Lipinski definition) is 4. The van der Waals surface area contributed by atoms with Crippen LogP contribution in [0, 0.1) is 5.41 Å². The Morgan fingerprint density at radius 2 is 1.71 bits per heavy atom. The molecule has 2 aromatic carbocycles. The molecule has 2 N–H and O–H groups in total. The van der Waals surface area contributed by atoms with Crippen LogP contribution in [0.3, 0.4) is 0 Å². The smallest absolute Gasteiger partial charge is 0.255 e. The summed E-state index contributed by atoms with van der Waals surface area (Å²) in [5.41, 5.74) is 0.936. The summed E-state index contributed by atoms with van der Waals surface area (Å²) in [6.45, 7) is 5.91. The molecule has 0 saturated carbocycles. The monoisotopic (exact) mass is 422 g/mol. The summed E-state index contributed by atoms with van der Waals surface area (Å²) in [6.07, 6.45) is 1.44. The van der Waals surface area contributed by atoms with E-state index < -0.39 is 15.7 Å². The summed E-state index contributed by atoms with van der Waals surface area (Å²) >= 11 is 6.22. The maximum absolute atomic E-state index is 12.4. The first-order valence-corrected chi connectivity index (χ1v) is 10.8. The molecule has 2 rings (SSSR count). The summed E-state index contributed by atoms with van der Waals surface area (Å²) in [4.78, 5) is 24.5. The first-order chi connectivity index (χ1) is 12.8. The minimum atomic E-state index is -3.42. The normalized spacial score (nSPS) is 11.8. The van der Waals surface area contributed by atoms with E-state index in [4.69, 9.17) is 11.6 Å². The van der Waals surface area contributed by atoms with Crippen molar-refractivity contribution in [3.05, 3.63) is 53.1 Å². The van der Waals surface area contributed by atoms with Gasteiger partial charge in [-0.3, -0.25) is 9.59 Å². The van der Waals surface area contributed by atoms with Crippen molar-refractivity contribution >= 4 is 44.6 Å². The summed E-state index contributed by atoms with van der Waals surface area (Å²) < 4.78 is 23.3. The van der Waals surface area contributed by atoms with Gasteiger partial charge in [0.05, 0.1) is 15.6 Å². The fourth-order valence-electron chi connectivity index (χ4n) is 2.44. The van der Waals surface area contributed by atoms with E-state index in [9.17, 15) is 18.0 Å². The van der Waals surface area contributed by atoms with Gasteiger partial charge in [0.2, 0.25) is 5.91 Å². The first kappa shape index (κ1) is 21.9. The number of benzene rings is 2. The molecule has 0 unspecified atom stereocenters. The lowest BCUT2D eigenvalue weighted by atomic mass is 9.92. The van der Waals surface area contributed by atoms with Gasteiger partial charge in [-0.25, -0.2) is 8.42 Å². The van der Waals surface area contributed by atoms with Gasteiger partial charge in [-0.1, -0.05) is 38.4 Å². The number of anilines is 2. The van der Waals surface area contributed by atoms with Crippen LogP contribution in [-0.4, -0.2) is 26.5 Å². The van der Waals surface area contributed by atoms with Crippen LogP contribution < -0.4 is 10.6 Å². The van der Waals surface area contributed by atoms with Gasteiger partial charge in [0.25, 0.3) is 5.91 Å². The Labute approximate surface area is 170 Å². The van der Waals surface area contributed by atoms with Crippen LogP contribution >= 0.6 is 11.6 Å². The average Bonchev–Trinajstić information content (AvgIpc) is 2.55. The standard InChI is InChI=1S/C20H23ClN2O4S/c1-20(2,3)12-18(24)22-14-8-9-17(16(21)11-14)23-19(25)13-6-5-7-15(10-13)28(4,26)27/h5-11H,12H2,1-4H3,(H,22,24)(H,23,25). The summed E-state index contributed by atoms with van der Waals surface area (Å²) in [6, 6.07) is 10.5. The molecule has 0 aliphatic carbocycles. The molecule has 0 saturated heterocycles. The van der Waals surface area contributed by atoms with E-state index in [1.807, 2.05) is 20.8 Å². The van der Waals surface area contributed by atoms with Crippen LogP contribution in [-0.2, 0) is 14.6 Å². The van der Waals surface area contributed by atoms with Crippen LogP contribution in [0.15, 0.2) is 47.4 Å². The van der Waals surface area contributed by atoms with Crippen molar-refractivity contribution in [3.8, 4) is 0 Å². The second kappa shape index (κ2) is 8.32. The number of halogens is 1. The number of rotatable bonds is 5. The highest BCUT2D eigenvalue weighted by Crippen LogP contribution is 2.27. The highest BCUT2D eigenvalue weighted by Gasteiger charge is 2.17. The third kappa shape index (κ3) is 6.35. The molecule has 2 aromatic rings. The Morgan fingerprint density at radius 3 is 2.29 bits per heavy atom. The maximum Gasteiger partial charge on any atom is 0.255 e. The molecule has 0 spiro atoms. The van der Waals surface area contributed by atoms with Gasteiger partial charge in [0, 0.05) is 23.9 Å². The number of amides is 2. The second-order valence-corrected chi connectivity index (χ2v) is 10.2. The predicted molar refractivity (Wildman–Crippen MR) is 112 cm³/mol. The number of carbonyl (C=O) groups excluding carboxylic acids is 2. The van der Waals surface area contributed by atoms with E-state index >= 15 is 0 Å². The maximum atomic E-state index is 12.4. The molecule has 0 aliphatic heterocycles. The zero-order valence-corrected chi connectivity index (χ0v) is 17.7. The number of carbonyl (C=O) groups is 2. The van der Waals surface area contributed by atoms with Gasteiger partial charge in [-0.2, -0.15) is 0 Å². The molecule has 0 atom stereocenters. The highest BCUT2D eigenvalue weighted by molar-refractivity contribution is 7.90. The molecule has 2 amide bonds. The largest absolute Gasteiger partial charge is 0.326 e. The Kier molecular flexibility index (Phi) is 6.52. The molecular weight excluding hydrogens is 400 g/mol. The van der Waals surface area contributed by atoms with E-state index in [2.05, 4.69) is 10.6 Å². The Hall–Kier alpha value is -2.38. The Balaban J connectivity index is 2.13. The van der Waals surface area contributed by atoms with Crippen LogP contribution in [0.2, 0.25) is 5.02 Å². The molecule has 28 heavy (non-hydrogen) atoms. The molecule has 0 heterocycles. The van der Waals surface area contributed by atoms with E-state index in [0.29, 0.717) is 17.8 Å². The molecule has 0 fully saturated rings. The minimum Gasteiger partial charge on any atom is -0.326 e. The van der Waals surface area contributed by atoms with Crippen molar-refractivity contribution in [2.75, 3.05) is 16.9 Å². The second-order valence-electron chi connectivity index (χ2n) is 7.73. The quantitative estimate of drug-likeness (QED) is 0.748. The third-order valence-electron chi connectivity index (χ3n) is 3.72.